The summed E-state index contributed by atoms with van der Waals surface area (Å²) < 4.78 is 19.1. The number of fused-ring (bicyclic) bond motifs is 1. The molecule has 2 aromatic heterocycles. The number of ether oxygens (including phenoxy) is 1. The van der Waals surface area contributed by atoms with Gasteiger partial charge < -0.3 is 9.72 Å². The number of hydrogen-bond acceptors (Lipinski definition) is 3. The van der Waals surface area contributed by atoms with Crippen LogP contribution in [0.4, 0.5) is 4.39 Å². The first-order chi connectivity index (χ1) is 9.60. The fraction of sp³-hybridized carbons (Fsp3) is 0.0769. The van der Waals surface area contributed by atoms with Gasteiger partial charge in [0.1, 0.15) is 22.5 Å². The number of pyridine rings is 1. The number of H-pyrrole nitrogens is 1. The minimum Gasteiger partial charge on any atom is -0.496 e. The van der Waals surface area contributed by atoms with E-state index in [1.807, 2.05) is 0 Å². The monoisotopic (exact) mass is 311 g/mol. The predicted molar refractivity (Wildman–Crippen MR) is 75.9 cm³/mol. The molecule has 1 aromatic carbocycles. The van der Waals surface area contributed by atoms with Crippen LogP contribution >= 0.6 is 23.2 Å². The van der Waals surface area contributed by atoms with Crippen molar-refractivity contribution in [1.29, 1.82) is 0 Å². The van der Waals surface area contributed by atoms with Crippen LogP contribution in [0.1, 0.15) is 0 Å². The molecule has 3 rings (SSSR count). The highest BCUT2D eigenvalue weighted by atomic mass is 35.5. The van der Waals surface area contributed by atoms with Gasteiger partial charge in [0.2, 0.25) is 0 Å². The molecule has 0 saturated heterocycles. The molecule has 0 spiro atoms. The Balaban J connectivity index is 2.25. The van der Waals surface area contributed by atoms with Crippen LogP contribution in [0.2, 0.25) is 10.2 Å². The van der Waals surface area contributed by atoms with E-state index in [9.17, 15) is 4.39 Å². The molecule has 20 heavy (non-hydrogen) atoms. The van der Waals surface area contributed by atoms with Gasteiger partial charge in [0.25, 0.3) is 0 Å². The van der Waals surface area contributed by atoms with Crippen molar-refractivity contribution in [3.8, 4) is 17.1 Å². The van der Waals surface area contributed by atoms with Crippen LogP contribution in [0, 0.1) is 5.82 Å². The summed E-state index contributed by atoms with van der Waals surface area (Å²) in [6.45, 7) is 0. The first kappa shape index (κ1) is 13.1. The van der Waals surface area contributed by atoms with Crippen molar-refractivity contribution in [2.75, 3.05) is 7.11 Å². The van der Waals surface area contributed by atoms with Crippen molar-refractivity contribution in [1.82, 2.24) is 15.0 Å². The Morgan fingerprint density at radius 3 is 2.80 bits per heavy atom. The molecule has 2 heterocycles. The van der Waals surface area contributed by atoms with Crippen LogP contribution in [-0.2, 0) is 0 Å². The maximum atomic E-state index is 14.0. The predicted octanol–water partition coefficient (Wildman–Crippen LogP) is 4.08. The molecule has 7 heteroatoms. The molecule has 0 amide bonds. The minimum absolute atomic E-state index is 0.151. The highest BCUT2D eigenvalue weighted by Crippen LogP contribution is 2.32. The zero-order valence-electron chi connectivity index (χ0n) is 10.2. The number of rotatable bonds is 2. The third kappa shape index (κ3) is 2.09. The molecule has 0 aliphatic rings. The molecule has 4 nitrogen and oxygen atoms in total. The largest absolute Gasteiger partial charge is 0.496 e. The Labute approximate surface area is 123 Å². The lowest BCUT2D eigenvalue weighted by Crippen LogP contribution is -1.92. The average molecular weight is 312 g/mol. The van der Waals surface area contributed by atoms with E-state index in [0.29, 0.717) is 27.8 Å². The van der Waals surface area contributed by atoms with Crippen LogP contribution in [0.5, 0.6) is 5.75 Å². The number of aromatic nitrogens is 3. The quantitative estimate of drug-likeness (QED) is 0.725. The van der Waals surface area contributed by atoms with Gasteiger partial charge >= 0.3 is 0 Å². The van der Waals surface area contributed by atoms with E-state index in [1.165, 1.54) is 13.2 Å². The van der Waals surface area contributed by atoms with Crippen molar-refractivity contribution in [2.24, 2.45) is 0 Å². The van der Waals surface area contributed by atoms with Crippen molar-refractivity contribution in [3.05, 3.63) is 40.3 Å². The lowest BCUT2D eigenvalue weighted by molar-refractivity contribution is 0.413. The van der Waals surface area contributed by atoms with Crippen molar-refractivity contribution in [3.63, 3.8) is 0 Å². The minimum atomic E-state index is -0.444. The molecule has 0 atom stereocenters. The van der Waals surface area contributed by atoms with Crippen molar-refractivity contribution >= 4 is 34.4 Å². The molecule has 3 aromatic rings. The second-order valence-corrected chi connectivity index (χ2v) is 4.80. The maximum absolute atomic E-state index is 14.0. The van der Waals surface area contributed by atoms with Gasteiger partial charge in [-0.3, -0.25) is 0 Å². The normalized spacial score (nSPS) is 11.0. The first-order valence-corrected chi connectivity index (χ1v) is 6.40. The number of benzene rings is 1. The Hall–Kier alpha value is -1.85. The van der Waals surface area contributed by atoms with Crippen LogP contribution < -0.4 is 4.74 Å². The maximum Gasteiger partial charge on any atom is 0.179 e. The number of halogens is 3. The smallest absolute Gasteiger partial charge is 0.179 e. The van der Waals surface area contributed by atoms with Crippen molar-refractivity contribution in [2.45, 2.75) is 0 Å². The van der Waals surface area contributed by atoms with Crippen LogP contribution in [0.15, 0.2) is 24.3 Å². The summed E-state index contributed by atoms with van der Waals surface area (Å²) in [7, 11) is 1.47. The van der Waals surface area contributed by atoms with Gasteiger partial charge in [0.05, 0.1) is 23.2 Å². The number of nitrogens with one attached hydrogen (secondary N) is 1. The Morgan fingerprint density at radius 1 is 1.25 bits per heavy atom. The fourth-order valence-corrected chi connectivity index (χ4v) is 2.20. The second kappa shape index (κ2) is 4.92. The summed E-state index contributed by atoms with van der Waals surface area (Å²) in [5.41, 5.74) is 1.17. The van der Waals surface area contributed by atoms with E-state index < -0.39 is 5.82 Å². The Bertz CT molecular complexity index is 765. The molecule has 0 fully saturated rings. The number of methoxy groups -OCH3 is 1. The van der Waals surface area contributed by atoms with E-state index >= 15 is 0 Å². The number of hydrogen-bond donors (Lipinski definition) is 1. The molecule has 0 saturated carbocycles. The van der Waals surface area contributed by atoms with Gasteiger partial charge in [-0.1, -0.05) is 29.3 Å². The van der Waals surface area contributed by atoms with E-state index in [0.717, 1.165) is 0 Å². The molecule has 102 valence electrons. The molecule has 1 N–H and O–H groups in total. The van der Waals surface area contributed by atoms with Gasteiger partial charge in [-0.05, 0) is 18.2 Å². The molecular weight excluding hydrogens is 304 g/mol. The Kier molecular flexibility index (Phi) is 3.23. The second-order valence-electron chi connectivity index (χ2n) is 4.03. The number of nitrogens with zero attached hydrogens (tertiary/aromatic N) is 2. The van der Waals surface area contributed by atoms with Gasteiger partial charge in [-0.15, -0.1) is 0 Å². The van der Waals surface area contributed by atoms with Crippen LogP contribution in [-0.4, -0.2) is 22.1 Å². The highest BCUT2D eigenvalue weighted by molar-refractivity contribution is 6.41. The summed E-state index contributed by atoms with van der Waals surface area (Å²) >= 11 is 11.7. The van der Waals surface area contributed by atoms with Crippen LogP contribution in [0.25, 0.3) is 22.6 Å². The standard InChI is InChI=1S/C13H8Cl2FN3O/c1-20-9-4-2-3-7(16)10(9)13-17-8-5-6(14)11(15)18-12(8)19-13/h2-5H,1H3,(H,17,18,19). The summed E-state index contributed by atoms with van der Waals surface area (Å²) in [4.78, 5) is 11.2. The lowest BCUT2D eigenvalue weighted by atomic mass is 10.2. The van der Waals surface area contributed by atoms with E-state index in [-0.39, 0.29) is 10.7 Å². The first-order valence-electron chi connectivity index (χ1n) is 5.65. The molecule has 0 aliphatic heterocycles. The third-order valence-electron chi connectivity index (χ3n) is 2.82. The Morgan fingerprint density at radius 2 is 2.05 bits per heavy atom. The SMILES string of the molecule is COc1cccc(F)c1-c1nc2nc(Cl)c(Cl)cc2[nH]1. The topological polar surface area (TPSA) is 50.8 Å². The number of aromatic amines is 1. The lowest BCUT2D eigenvalue weighted by Gasteiger charge is -2.06. The van der Waals surface area contributed by atoms with E-state index in [2.05, 4.69) is 15.0 Å². The molecular formula is C13H8Cl2FN3O. The van der Waals surface area contributed by atoms with Gasteiger partial charge in [0, 0.05) is 0 Å². The summed E-state index contributed by atoms with van der Waals surface area (Å²) in [6, 6.07) is 6.14. The number of imidazole rings is 1. The zero-order valence-corrected chi connectivity index (χ0v) is 11.8. The van der Waals surface area contributed by atoms with Gasteiger partial charge in [-0.25, -0.2) is 14.4 Å². The summed E-state index contributed by atoms with van der Waals surface area (Å²) in [5.74, 6) is 0.239. The van der Waals surface area contributed by atoms with Gasteiger partial charge in [0.15, 0.2) is 5.65 Å². The zero-order chi connectivity index (χ0) is 14.3. The third-order valence-corrected chi connectivity index (χ3v) is 3.49. The molecule has 0 unspecified atom stereocenters. The molecule has 0 radical (unpaired) electrons. The van der Waals surface area contributed by atoms with Crippen molar-refractivity contribution < 1.29 is 9.13 Å². The molecule has 0 aliphatic carbocycles. The average Bonchev–Trinajstić information content (AvgIpc) is 2.81. The summed E-state index contributed by atoms with van der Waals surface area (Å²) in [5, 5.41) is 0.451. The highest BCUT2D eigenvalue weighted by Gasteiger charge is 2.16. The van der Waals surface area contributed by atoms with Crippen LogP contribution in [0.3, 0.4) is 0 Å². The van der Waals surface area contributed by atoms with E-state index in [1.54, 1.807) is 18.2 Å². The molecule has 0 bridgehead atoms. The van der Waals surface area contributed by atoms with Gasteiger partial charge in [-0.2, -0.15) is 0 Å². The summed E-state index contributed by atoms with van der Waals surface area (Å²) in [6.07, 6.45) is 0. The fourth-order valence-electron chi connectivity index (χ4n) is 1.92. The van der Waals surface area contributed by atoms with E-state index in [4.69, 9.17) is 27.9 Å².